The van der Waals surface area contributed by atoms with Gasteiger partial charge in [-0.15, -0.1) is 11.8 Å². The lowest BCUT2D eigenvalue weighted by Crippen LogP contribution is -2.29. The van der Waals surface area contributed by atoms with Gasteiger partial charge in [0.15, 0.2) is 0 Å². The van der Waals surface area contributed by atoms with E-state index in [-0.39, 0.29) is 11.9 Å². The second-order valence-corrected chi connectivity index (χ2v) is 7.22. The molecular weight excluding hydrogens is 382 g/mol. The van der Waals surface area contributed by atoms with Crippen LogP contribution < -0.4 is 5.32 Å². The Kier molecular flexibility index (Phi) is 6.80. The normalized spacial score (nSPS) is 12.0. The molecule has 0 spiro atoms. The Hall–Kier alpha value is -0.970. The summed E-state index contributed by atoms with van der Waals surface area (Å²) in [5.74, 6) is 0.434. The third kappa shape index (κ3) is 5.34. The van der Waals surface area contributed by atoms with Crippen molar-refractivity contribution >= 4 is 45.2 Å². The molecule has 0 saturated carbocycles. The topological polar surface area (TPSA) is 29.1 Å². The molecule has 2 nitrogen and oxygen atoms in total. The number of carbonyl (C=O) groups is 1. The van der Waals surface area contributed by atoms with Gasteiger partial charge in [-0.05, 0) is 48.4 Å². The largest absolute Gasteiger partial charge is 0.349 e. The summed E-state index contributed by atoms with van der Waals surface area (Å²) in [6.07, 6.45) is 0.860. The molecule has 0 heterocycles. The molecule has 2 rings (SSSR count). The third-order valence-corrected chi connectivity index (χ3v) is 4.99. The molecule has 0 unspecified atom stereocenters. The minimum atomic E-state index is 0.0368. The average molecular weight is 399 g/mol. The maximum atomic E-state index is 12.1. The molecule has 22 heavy (non-hydrogen) atoms. The van der Waals surface area contributed by atoms with Crippen molar-refractivity contribution in [2.24, 2.45) is 0 Å². The lowest BCUT2D eigenvalue weighted by Gasteiger charge is -2.17. The molecular formula is C17H17BrClNOS. The molecule has 0 aliphatic heterocycles. The van der Waals surface area contributed by atoms with Crippen LogP contribution in [-0.4, -0.2) is 11.7 Å². The summed E-state index contributed by atoms with van der Waals surface area (Å²) in [4.78, 5) is 13.2. The van der Waals surface area contributed by atoms with Crippen LogP contribution in [0.2, 0.25) is 5.02 Å². The third-order valence-electron chi connectivity index (χ3n) is 3.20. The van der Waals surface area contributed by atoms with Crippen LogP contribution >= 0.6 is 39.3 Å². The quantitative estimate of drug-likeness (QED) is 0.654. The molecule has 0 aliphatic rings. The van der Waals surface area contributed by atoms with E-state index >= 15 is 0 Å². The highest BCUT2D eigenvalue weighted by atomic mass is 79.9. The van der Waals surface area contributed by atoms with E-state index in [1.54, 1.807) is 0 Å². The fraction of sp³-hybridized carbons (Fsp3) is 0.235. The van der Waals surface area contributed by atoms with Crippen molar-refractivity contribution in [3.8, 4) is 0 Å². The van der Waals surface area contributed by atoms with E-state index in [1.165, 1.54) is 11.8 Å². The maximum Gasteiger partial charge on any atom is 0.230 e. The van der Waals surface area contributed by atoms with Gasteiger partial charge in [-0.2, -0.15) is 0 Å². The first-order valence-corrected chi connectivity index (χ1v) is 9.17. The molecule has 0 saturated heterocycles. The smallest absolute Gasteiger partial charge is 0.230 e. The highest BCUT2D eigenvalue weighted by Gasteiger charge is 2.12. The van der Waals surface area contributed by atoms with Gasteiger partial charge in [-0.1, -0.05) is 46.6 Å². The zero-order valence-electron chi connectivity index (χ0n) is 12.2. The number of hydrogen-bond donors (Lipinski definition) is 1. The number of hydrogen-bond acceptors (Lipinski definition) is 2. The summed E-state index contributed by atoms with van der Waals surface area (Å²) in [6, 6.07) is 15.6. The van der Waals surface area contributed by atoms with E-state index in [1.807, 2.05) is 48.5 Å². The monoisotopic (exact) mass is 397 g/mol. The van der Waals surface area contributed by atoms with E-state index in [4.69, 9.17) is 11.6 Å². The van der Waals surface area contributed by atoms with Crippen molar-refractivity contribution < 1.29 is 4.79 Å². The fourth-order valence-corrected chi connectivity index (χ4v) is 3.13. The fourth-order valence-electron chi connectivity index (χ4n) is 2.03. The van der Waals surface area contributed by atoms with Crippen LogP contribution in [0.4, 0.5) is 0 Å². The molecule has 1 amide bonds. The SMILES string of the molecule is CC[C@H](NC(=O)CSc1ccc(Cl)cc1)c1ccc(Br)cc1. The summed E-state index contributed by atoms with van der Waals surface area (Å²) in [5.41, 5.74) is 1.12. The Morgan fingerprint density at radius 3 is 2.41 bits per heavy atom. The summed E-state index contributed by atoms with van der Waals surface area (Å²) in [7, 11) is 0. The predicted octanol–water partition coefficient (Wildman–Crippen LogP) is 5.46. The average Bonchev–Trinajstić information content (AvgIpc) is 2.53. The minimum absolute atomic E-state index is 0.0368. The first-order valence-electron chi connectivity index (χ1n) is 7.01. The van der Waals surface area contributed by atoms with Gasteiger partial charge in [0.25, 0.3) is 0 Å². The van der Waals surface area contributed by atoms with Crippen molar-refractivity contribution in [1.29, 1.82) is 0 Å². The lowest BCUT2D eigenvalue weighted by molar-refractivity contribution is -0.119. The van der Waals surface area contributed by atoms with Gasteiger partial charge >= 0.3 is 0 Å². The summed E-state index contributed by atoms with van der Waals surface area (Å²) in [5, 5.41) is 3.79. The molecule has 0 bridgehead atoms. The first kappa shape index (κ1) is 17.4. The van der Waals surface area contributed by atoms with Crippen molar-refractivity contribution in [1.82, 2.24) is 5.32 Å². The lowest BCUT2D eigenvalue weighted by atomic mass is 10.0. The number of thioether (sulfide) groups is 1. The van der Waals surface area contributed by atoms with E-state index < -0.39 is 0 Å². The first-order chi connectivity index (χ1) is 10.6. The molecule has 5 heteroatoms. The molecule has 2 aromatic carbocycles. The van der Waals surface area contributed by atoms with E-state index in [9.17, 15) is 4.79 Å². The van der Waals surface area contributed by atoms with Crippen LogP contribution in [0.25, 0.3) is 0 Å². The summed E-state index contributed by atoms with van der Waals surface area (Å²) < 4.78 is 1.04. The van der Waals surface area contributed by atoms with Crippen LogP contribution in [0.1, 0.15) is 24.9 Å². The molecule has 0 aromatic heterocycles. The Bertz CT molecular complexity index is 616. The van der Waals surface area contributed by atoms with Crippen LogP contribution in [0.5, 0.6) is 0 Å². The second-order valence-electron chi connectivity index (χ2n) is 4.82. The van der Waals surface area contributed by atoms with Crippen LogP contribution in [0, 0.1) is 0 Å². The minimum Gasteiger partial charge on any atom is -0.349 e. The summed E-state index contributed by atoms with van der Waals surface area (Å²) in [6.45, 7) is 2.07. The number of benzene rings is 2. The van der Waals surface area contributed by atoms with Crippen molar-refractivity contribution in [2.75, 3.05) is 5.75 Å². The molecule has 2 aromatic rings. The van der Waals surface area contributed by atoms with Gasteiger partial charge in [0.2, 0.25) is 5.91 Å². The van der Waals surface area contributed by atoms with Gasteiger partial charge in [0.1, 0.15) is 0 Å². The van der Waals surface area contributed by atoms with Crippen molar-refractivity contribution in [3.05, 3.63) is 63.6 Å². The van der Waals surface area contributed by atoms with Crippen molar-refractivity contribution in [3.63, 3.8) is 0 Å². The molecule has 1 atom stereocenters. The Balaban J connectivity index is 1.89. The zero-order valence-corrected chi connectivity index (χ0v) is 15.3. The van der Waals surface area contributed by atoms with Gasteiger partial charge in [-0.3, -0.25) is 4.79 Å². The van der Waals surface area contributed by atoms with Gasteiger partial charge in [0.05, 0.1) is 11.8 Å². The number of halogens is 2. The molecule has 0 radical (unpaired) electrons. The number of nitrogens with one attached hydrogen (secondary N) is 1. The van der Waals surface area contributed by atoms with Crippen LogP contribution in [0.3, 0.4) is 0 Å². The second kappa shape index (κ2) is 8.61. The molecule has 116 valence electrons. The summed E-state index contributed by atoms with van der Waals surface area (Å²) >= 11 is 10.8. The number of rotatable bonds is 6. The van der Waals surface area contributed by atoms with E-state index in [0.717, 1.165) is 21.4 Å². The van der Waals surface area contributed by atoms with Crippen LogP contribution in [-0.2, 0) is 4.79 Å². The highest BCUT2D eigenvalue weighted by molar-refractivity contribution is 9.10. The predicted molar refractivity (Wildman–Crippen MR) is 97.5 cm³/mol. The molecule has 0 aliphatic carbocycles. The van der Waals surface area contributed by atoms with Crippen molar-refractivity contribution in [2.45, 2.75) is 24.3 Å². The maximum absolute atomic E-state index is 12.1. The highest BCUT2D eigenvalue weighted by Crippen LogP contribution is 2.22. The Labute approximate surface area is 148 Å². The van der Waals surface area contributed by atoms with Gasteiger partial charge in [-0.25, -0.2) is 0 Å². The van der Waals surface area contributed by atoms with E-state index in [2.05, 4.69) is 28.2 Å². The standard InChI is InChI=1S/C17H17BrClNOS/c1-2-16(12-3-5-13(18)6-4-12)20-17(21)11-22-15-9-7-14(19)8-10-15/h3-10,16H,2,11H2,1H3,(H,20,21)/t16-/m0/s1. The van der Waals surface area contributed by atoms with E-state index in [0.29, 0.717) is 10.8 Å². The van der Waals surface area contributed by atoms with Crippen LogP contribution in [0.15, 0.2) is 57.9 Å². The molecule has 1 N–H and O–H groups in total. The number of amides is 1. The Morgan fingerprint density at radius 2 is 1.82 bits per heavy atom. The van der Waals surface area contributed by atoms with Gasteiger partial charge in [0, 0.05) is 14.4 Å². The number of carbonyl (C=O) groups excluding carboxylic acids is 1. The zero-order chi connectivity index (χ0) is 15.9. The Morgan fingerprint density at radius 1 is 1.18 bits per heavy atom. The molecule has 0 fully saturated rings. The van der Waals surface area contributed by atoms with Gasteiger partial charge < -0.3 is 5.32 Å².